The van der Waals surface area contributed by atoms with Crippen LogP contribution in [-0.2, 0) is 0 Å². The number of rotatable bonds is 4. The number of thioether (sulfide) groups is 1. The highest BCUT2D eigenvalue weighted by Gasteiger charge is 2.18. The molecule has 0 radical (unpaired) electrons. The summed E-state index contributed by atoms with van der Waals surface area (Å²) >= 11 is 1.58. The van der Waals surface area contributed by atoms with Gasteiger partial charge in [-0.05, 0) is 37.1 Å². The molecule has 0 bridgehead atoms. The van der Waals surface area contributed by atoms with Crippen LogP contribution in [0.15, 0.2) is 42.1 Å². The number of hydrogen-bond donors (Lipinski definition) is 1. The maximum absolute atomic E-state index is 6.05. The van der Waals surface area contributed by atoms with Crippen molar-refractivity contribution in [3.05, 3.63) is 48.0 Å². The highest BCUT2D eigenvalue weighted by atomic mass is 32.2. The smallest absolute Gasteiger partial charge is 0.188 e. The molecule has 94 valence electrons. The van der Waals surface area contributed by atoms with E-state index in [4.69, 9.17) is 5.73 Å². The maximum atomic E-state index is 6.05. The molecule has 5 heteroatoms. The second kappa shape index (κ2) is 5.93. The summed E-state index contributed by atoms with van der Waals surface area (Å²) < 4.78 is 0. The van der Waals surface area contributed by atoms with E-state index in [2.05, 4.69) is 15.0 Å². The van der Waals surface area contributed by atoms with Gasteiger partial charge in [-0.2, -0.15) is 0 Å². The Balaban J connectivity index is 2.19. The van der Waals surface area contributed by atoms with Crippen LogP contribution < -0.4 is 5.73 Å². The lowest BCUT2D eigenvalue weighted by Crippen LogP contribution is -2.22. The predicted octanol–water partition coefficient (Wildman–Crippen LogP) is 2.36. The molecule has 4 nitrogen and oxygen atoms in total. The fraction of sp³-hybridized carbons (Fsp3) is 0.308. The third kappa shape index (κ3) is 3.27. The van der Waals surface area contributed by atoms with Crippen LogP contribution in [0.25, 0.3) is 0 Å². The summed E-state index contributed by atoms with van der Waals surface area (Å²) in [5.74, 6) is 0. The van der Waals surface area contributed by atoms with Crippen molar-refractivity contribution in [2.45, 2.75) is 30.3 Å². The van der Waals surface area contributed by atoms with E-state index in [-0.39, 0.29) is 11.3 Å². The monoisotopic (exact) mass is 260 g/mol. The van der Waals surface area contributed by atoms with E-state index < -0.39 is 0 Å². The Morgan fingerprint density at radius 3 is 2.33 bits per heavy atom. The van der Waals surface area contributed by atoms with Gasteiger partial charge in [0.1, 0.15) is 0 Å². The van der Waals surface area contributed by atoms with E-state index in [0.717, 1.165) is 16.3 Å². The highest BCUT2D eigenvalue weighted by molar-refractivity contribution is 7.99. The molecule has 0 saturated heterocycles. The van der Waals surface area contributed by atoms with Gasteiger partial charge in [-0.25, -0.2) is 9.97 Å². The van der Waals surface area contributed by atoms with Gasteiger partial charge in [0, 0.05) is 30.8 Å². The lowest BCUT2D eigenvalue weighted by molar-refractivity contribution is 0.717. The number of nitrogens with zero attached hydrogens (tertiary/aromatic N) is 3. The summed E-state index contributed by atoms with van der Waals surface area (Å²) in [5.41, 5.74) is 8.25. The molecule has 18 heavy (non-hydrogen) atoms. The van der Waals surface area contributed by atoms with Crippen LogP contribution in [0.3, 0.4) is 0 Å². The standard InChI is InChI=1S/C13H16N4S/c1-9-7-16-13(17-8-9)18-12(10(2)14)11-3-5-15-6-4-11/h3-8,10,12H,14H2,1-2H3. The maximum Gasteiger partial charge on any atom is 0.188 e. The van der Waals surface area contributed by atoms with E-state index in [1.807, 2.05) is 38.4 Å². The molecule has 2 atom stereocenters. The van der Waals surface area contributed by atoms with Crippen molar-refractivity contribution in [2.24, 2.45) is 5.73 Å². The molecule has 2 aromatic rings. The van der Waals surface area contributed by atoms with Gasteiger partial charge in [-0.3, -0.25) is 4.98 Å². The van der Waals surface area contributed by atoms with Crippen LogP contribution in [0.5, 0.6) is 0 Å². The van der Waals surface area contributed by atoms with Crippen LogP contribution >= 0.6 is 11.8 Å². The predicted molar refractivity (Wildman–Crippen MR) is 73.3 cm³/mol. The normalized spacial score (nSPS) is 14.2. The summed E-state index contributed by atoms with van der Waals surface area (Å²) in [5, 5.41) is 0.885. The Morgan fingerprint density at radius 1 is 1.17 bits per heavy atom. The molecule has 2 aromatic heterocycles. The fourth-order valence-electron chi connectivity index (χ4n) is 1.59. The summed E-state index contributed by atoms with van der Waals surface area (Å²) in [6.45, 7) is 3.96. The van der Waals surface area contributed by atoms with Crippen molar-refractivity contribution in [1.82, 2.24) is 15.0 Å². The fourth-order valence-corrected chi connectivity index (χ4v) is 2.55. The van der Waals surface area contributed by atoms with Gasteiger partial charge in [0.05, 0.1) is 5.25 Å². The third-order valence-electron chi connectivity index (χ3n) is 2.50. The van der Waals surface area contributed by atoms with Crippen molar-refractivity contribution in [3.63, 3.8) is 0 Å². The van der Waals surface area contributed by atoms with Gasteiger partial charge in [-0.15, -0.1) is 0 Å². The zero-order valence-electron chi connectivity index (χ0n) is 10.4. The number of pyridine rings is 1. The Kier molecular flexibility index (Phi) is 4.28. The quantitative estimate of drug-likeness (QED) is 0.675. The van der Waals surface area contributed by atoms with Crippen molar-refractivity contribution in [1.29, 1.82) is 0 Å². The lowest BCUT2D eigenvalue weighted by atomic mass is 10.1. The minimum Gasteiger partial charge on any atom is -0.327 e. The summed E-state index contributed by atoms with van der Waals surface area (Å²) in [6, 6.07) is 3.98. The van der Waals surface area contributed by atoms with Crippen LogP contribution in [-0.4, -0.2) is 21.0 Å². The second-order valence-electron chi connectivity index (χ2n) is 4.22. The molecule has 0 amide bonds. The van der Waals surface area contributed by atoms with E-state index >= 15 is 0 Å². The average molecular weight is 260 g/mol. The molecular formula is C13H16N4S. The molecule has 2 heterocycles. The minimum absolute atomic E-state index is 0.0160. The molecule has 0 aliphatic rings. The second-order valence-corrected chi connectivity index (χ2v) is 5.33. The summed E-state index contributed by atoms with van der Waals surface area (Å²) in [7, 11) is 0. The van der Waals surface area contributed by atoms with Crippen molar-refractivity contribution < 1.29 is 0 Å². The van der Waals surface area contributed by atoms with Crippen LogP contribution in [0.4, 0.5) is 0 Å². The van der Waals surface area contributed by atoms with E-state index in [0.29, 0.717) is 0 Å². The molecule has 0 aliphatic heterocycles. The van der Waals surface area contributed by atoms with Gasteiger partial charge in [0.2, 0.25) is 0 Å². The molecule has 0 fully saturated rings. The van der Waals surface area contributed by atoms with Gasteiger partial charge in [-0.1, -0.05) is 11.8 Å². The van der Waals surface area contributed by atoms with E-state index in [1.54, 1.807) is 24.2 Å². The minimum atomic E-state index is 0.0160. The largest absolute Gasteiger partial charge is 0.327 e. The van der Waals surface area contributed by atoms with E-state index in [9.17, 15) is 0 Å². The molecule has 2 N–H and O–H groups in total. The van der Waals surface area contributed by atoms with E-state index in [1.165, 1.54) is 0 Å². The first-order chi connectivity index (χ1) is 8.66. The lowest BCUT2D eigenvalue weighted by Gasteiger charge is -2.19. The molecule has 2 rings (SSSR count). The van der Waals surface area contributed by atoms with Gasteiger partial charge >= 0.3 is 0 Å². The van der Waals surface area contributed by atoms with Crippen LogP contribution in [0.2, 0.25) is 0 Å². The molecule has 2 unspecified atom stereocenters. The Morgan fingerprint density at radius 2 is 1.78 bits per heavy atom. The van der Waals surface area contributed by atoms with Gasteiger partial charge < -0.3 is 5.73 Å². The number of aromatic nitrogens is 3. The summed E-state index contributed by atoms with van der Waals surface area (Å²) in [4.78, 5) is 12.6. The Bertz CT molecular complexity index is 484. The van der Waals surface area contributed by atoms with Gasteiger partial charge in [0.15, 0.2) is 5.16 Å². The number of nitrogens with two attached hydrogens (primary N) is 1. The Hall–Kier alpha value is -1.46. The van der Waals surface area contributed by atoms with Crippen molar-refractivity contribution >= 4 is 11.8 Å². The van der Waals surface area contributed by atoms with Crippen molar-refractivity contribution in [2.75, 3.05) is 0 Å². The van der Waals surface area contributed by atoms with Crippen LogP contribution in [0.1, 0.15) is 23.3 Å². The zero-order valence-corrected chi connectivity index (χ0v) is 11.3. The molecule has 0 aliphatic carbocycles. The van der Waals surface area contributed by atoms with Gasteiger partial charge in [0.25, 0.3) is 0 Å². The molecular weight excluding hydrogens is 244 g/mol. The zero-order chi connectivity index (χ0) is 13.0. The number of aryl methyl sites for hydroxylation is 1. The Labute approximate surface area is 111 Å². The van der Waals surface area contributed by atoms with Crippen LogP contribution in [0, 0.1) is 6.92 Å². The summed E-state index contributed by atoms with van der Waals surface area (Å²) in [6.07, 6.45) is 7.20. The average Bonchev–Trinajstić information content (AvgIpc) is 2.38. The highest BCUT2D eigenvalue weighted by Crippen LogP contribution is 2.34. The molecule has 0 saturated carbocycles. The topological polar surface area (TPSA) is 64.7 Å². The molecule has 0 spiro atoms. The third-order valence-corrected chi connectivity index (χ3v) is 3.88. The first-order valence-electron chi connectivity index (χ1n) is 5.77. The first-order valence-corrected chi connectivity index (χ1v) is 6.65. The van der Waals surface area contributed by atoms with Crippen molar-refractivity contribution in [3.8, 4) is 0 Å². The first kappa shape index (κ1) is 13.0. The SMILES string of the molecule is Cc1cnc(SC(c2ccncc2)C(C)N)nc1. The molecule has 0 aromatic carbocycles. The number of hydrogen-bond acceptors (Lipinski definition) is 5.